The van der Waals surface area contributed by atoms with Crippen molar-refractivity contribution in [3.63, 3.8) is 0 Å². The van der Waals surface area contributed by atoms with Crippen molar-refractivity contribution in [2.24, 2.45) is 0 Å². The van der Waals surface area contributed by atoms with Gasteiger partial charge < -0.3 is 5.32 Å². The standard InChI is InChI=1S/C18H18N4O/c1-3-13-14(4-2)21-16-11-12(8-9-15(16)20-13)18(23)22-17-7-5-6-10-19-17/h5-11H,3-4H2,1-2H3,(H,19,22,23). The highest BCUT2D eigenvalue weighted by Crippen LogP contribution is 2.17. The van der Waals surface area contributed by atoms with Crippen LogP contribution < -0.4 is 5.32 Å². The molecule has 23 heavy (non-hydrogen) atoms. The maximum Gasteiger partial charge on any atom is 0.256 e. The van der Waals surface area contributed by atoms with Crippen molar-refractivity contribution < 1.29 is 4.79 Å². The van der Waals surface area contributed by atoms with Crippen LogP contribution in [0.5, 0.6) is 0 Å². The molecule has 1 N–H and O–H groups in total. The van der Waals surface area contributed by atoms with Gasteiger partial charge in [0.05, 0.1) is 22.4 Å². The molecule has 3 aromatic rings. The molecule has 0 aliphatic rings. The molecule has 2 aromatic heterocycles. The summed E-state index contributed by atoms with van der Waals surface area (Å²) in [7, 11) is 0. The number of aromatic nitrogens is 3. The molecule has 5 heteroatoms. The lowest BCUT2D eigenvalue weighted by molar-refractivity contribution is 0.102. The Morgan fingerprint density at radius 1 is 1.00 bits per heavy atom. The maximum atomic E-state index is 12.3. The van der Waals surface area contributed by atoms with E-state index in [2.05, 4.69) is 34.1 Å². The second kappa shape index (κ2) is 6.52. The average Bonchev–Trinajstić information content (AvgIpc) is 2.60. The van der Waals surface area contributed by atoms with Gasteiger partial charge in [-0.3, -0.25) is 4.79 Å². The smallest absolute Gasteiger partial charge is 0.256 e. The number of pyridine rings is 1. The Morgan fingerprint density at radius 2 is 1.74 bits per heavy atom. The molecule has 0 aliphatic carbocycles. The van der Waals surface area contributed by atoms with Crippen LogP contribution in [0.2, 0.25) is 0 Å². The molecule has 0 atom stereocenters. The Bertz CT molecular complexity index is 846. The molecule has 1 amide bonds. The van der Waals surface area contributed by atoms with E-state index in [1.165, 1.54) is 0 Å². The number of rotatable bonds is 4. The van der Waals surface area contributed by atoms with Crippen LogP contribution in [0.1, 0.15) is 35.6 Å². The number of carbonyl (C=O) groups excluding carboxylic acids is 1. The number of nitrogens with one attached hydrogen (secondary N) is 1. The van der Waals surface area contributed by atoms with Gasteiger partial charge in [-0.15, -0.1) is 0 Å². The lowest BCUT2D eigenvalue weighted by atomic mass is 10.1. The van der Waals surface area contributed by atoms with Crippen molar-refractivity contribution in [3.8, 4) is 0 Å². The van der Waals surface area contributed by atoms with Crippen LogP contribution in [0.15, 0.2) is 42.6 Å². The van der Waals surface area contributed by atoms with Crippen LogP contribution in [0.3, 0.4) is 0 Å². The fourth-order valence-electron chi connectivity index (χ4n) is 2.46. The zero-order valence-corrected chi connectivity index (χ0v) is 13.2. The minimum absolute atomic E-state index is 0.204. The molecule has 1 aromatic carbocycles. The molecule has 0 saturated heterocycles. The highest BCUT2D eigenvalue weighted by Gasteiger charge is 2.11. The molecule has 0 unspecified atom stereocenters. The first-order valence-corrected chi connectivity index (χ1v) is 7.73. The number of hydrogen-bond donors (Lipinski definition) is 1. The van der Waals surface area contributed by atoms with Crippen molar-refractivity contribution >= 4 is 22.8 Å². The number of hydrogen-bond acceptors (Lipinski definition) is 4. The summed E-state index contributed by atoms with van der Waals surface area (Å²) in [6.45, 7) is 4.14. The van der Waals surface area contributed by atoms with Gasteiger partial charge in [-0.25, -0.2) is 15.0 Å². The number of benzene rings is 1. The van der Waals surface area contributed by atoms with E-state index in [4.69, 9.17) is 0 Å². The highest BCUT2D eigenvalue weighted by atomic mass is 16.1. The fourth-order valence-corrected chi connectivity index (χ4v) is 2.46. The van der Waals surface area contributed by atoms with Crippen LogP contribution in [0, 0.1) is 0 Å². The Kier molecular flexibility index (Phi) is 4.28. The molecule has 2 heterocycles. The number of aryl methyl sites for hydroxylation is 2. The maximum absolute atomic E-state index is 12.3. The number of anilines is 1. The van der Waals surface area contributed by atoms with E-state index in [9.17, 15) is 4.79 Å². The predicted octanol–water partition coefficient (Wildman–Crippen LogP) is 3.40. The highest BCUT2D eigenvalue weighted by molar-refractivity contribution is 6.05. The van der Waals surface area contributed by atoms with Gasteiger partial charge in [0.2, 0.25) is 0 Å². The molecule has 5 nitrogen and oxygen atoms in total. The molecular weight excluding hydrogens is 288 g/mol. The zero-order chi connectivity index (χ0) is 16.2. The first kappa shape index (κ1) is 15.1. The molecule has 0 spiro atoms. The molecule has 3 rings (SSSR count). The van der Waals surface area contributed by atoms with Gasteiger partial charge in [-0.05, 0) is 43.2 Å². The summed E-state index contributed by atoms with van der Waals surface area (Å²) < 4.78 is 0. The number of carbonyl (C=O) groups is 1. The summed E-state index contributed by atoms with van der Waals surface area (Å²) in [5.41, 5.74) is 4.11. The van der Waals surface area contributed by atoms with Crippen LogP contribution in [-0.4, -0.2) is 20.9 Å². The van der Waals surface area contributed by atoms with Crippen LogP contribution in [0.4, 0.5) is 5.82 Å². The van der Waals surface area contributed by atoms with Crippen molar-refractivity contribution in [1.29, 1.82) is 0 Å². The zero-order valence-electron chi connectivity index (χ0n) is 13.2. The Balaban J connectivity index is 1.94. The third kappa shape index (κ3) is 3.18. The van der Waals surface area contributed by atoms with E-state index in [1.807, 2.05) is 12.1 Å². The van der Waals surface area contributed by atoms with Crippen LogP contribution >= 0.6 is 0 Å². The number of amides is 1. The molecule has 0 bridgehead atoms. The first-order valence-electron chi connectivity index (χ1n) is 7.73. The van der Waals surface area contributed by atoms with E-state index in [0.29, 0.717) is 11.4 Å². The van der Waals surface area contributed by atoms with Gasteiger partial charge in [0, 0.05) is 11.8 Å². The summed E-state index contributed by atoms with van der Waals surface area (Å²) in [5, 5.41) is 2.78. The fraction of sp³-hybridized carbons (Fsp3) is 0.222. The Morgan fingerprint density at radius 3 is 2.39 bits per heavy atom. The normalized spacial score (nSPS) is 10.7. The lowest BCUT2D eigenvalue weighted by Crippen LogP contribution is -2.13. The lowest BCUT2D eigenvalue weighted by Gasteiger charge is -2.08. The van der Waals surface area contributed by atoms with E-state index in [0.717, 1.165) is 35.3 Å². The Hall–Kier alpha value is -2.82. The van der Waals surface area contributed by atoms with Gasteiger partial charge in [0.25, 0.3) is 5.91 Å². The minimum Gasteiger partial charge on any atom is -0.307 e. The van der Waals surface area contributed by atoms with Crippen molar-refractivity contribution in [2.75, 3.05) is 5.32 Å². The second-order valence-corrected chi connectivity index (χ2v) is 5.20. The molecule has 116 valence electrons. The van der Waals surface area contributed by atoms with Crippen molar-refractivity contribution in [3.05, 3.63) is 59.5 Å². The second-order valence-electron chi connectivity index (χ2n) is 5.20. The SMILES string of the molecule is CCc1nc2ccc(C(=O)Nc3ccccn3)cc2nc1CC. The third-order valence-electron chi connectivity index (χ3n) is 3.66. The van der Waals surface area contributed by atoms with Gasteiger partial charge in [-0.1, -0.05) is 19.9 Å². The molecular formula is C18H18N4O. The molecule has 0 aliphatic heterocycles. The van der Waals surface area contributed by atoms with E-state index in [1.54, 1.807) is 30.5 Å². The van der Waals surface area contributed by atoms with E-state index < -0.39 is 0 Å². The third-order valence-corrected chi connectivity index (χ3v) is 3.66. The van der Waals surface area contributed by atoms with Gasteiger partial charge >= 0.3 is 0 Å². The summed E-state index contributed by atoms with van der Waals surface area (Å²) in [4.78, 5) is 25.7. The summed E-state index contributed by atoms with van der Waals surface area (Å²) in [6, 6.07) is 10.8. The van der Waals surface area contributed by atoms with Gasteiger partial charge in [0.15, 0.2) is 0 Å². The molecule has 0 saturated carbocycles. The molecule has 0 radical (unpaired) electrons. The van der Waals surface area contributed by atoms with Crippen molar-refractivity contribution in [2.45, 2.75) is 26.7 Å². The van der Waals surface area contributed by atoms with E-state index >= 15 is 0 Å². The summed E-state index contributed by atoms with van der Waals surface area (Å²) in [5.74, 6) is 0.323. The largest absolute Gasteiger partial charge is 0.307 e. The van der Waals surface area contributed by atoms with Crippen LogP contribution in [-0.2, 0) is 12.8 Å². The predicted molar refractivity (Wildman–Crippen MR) is 90.5 cm³/mol. The van der Waals surface area contributed by atoms with E-state index in [-0.39, 0.29) is 5.91 Å². The molecule has 0 fully saturated rings. The first-order chi connectivity index (χ1) is 11.2. The number of fused-ring (bicyclic) bond motifs is 1. The van der Waals surface area contributed by atoms with Gasteiger partial charge in [0.1, 0.15) is 5.82 Å². The van der Waals surface area contributed by atoms with Gasteiger partial charge in [-0.2, -0.15) is 0 Å². The minimum atomic E-state index is -0.204. The summed E-state index contributed by atoms with van der Waals surface area (Å²) >= 11 is 0. The monoisotopic (exact) mass is 306 g/mol. The average molecular weight is 306 g/mol. The number of nitrogens with zero attached hydrogens (tertiary/aromatic N) is 3. The quantitative estimate of drug-likeness (QED) is 0.802. The topological polar surface area (TPSA) is 67.8 Å². The van der Waals surface area contributed by atoms with Crippen LogP contribution in [0.25, 0.3) is 11.0 Å². The van der Waals surface area contributed by atoms with Crippen molar-refractivity contribution in [1.82, 2.24) is 15.0 Å². The summed E-state index contributed by atoms with van der Waals surface area (Å²) in [6.07, 6.45) is 3.33. The Labute approximate surface area is 134 Å².